The van der Waals surface area contributed by atoms with Crippen LogP contribution in [0.25, 0.3) is 0 Å². The van der Waals surface area contributed by atoms with Crippen molar-refractivity contribution < 1.29 is 19.8 Å². The Hall–Kier alpha value is -1.60. The van der Waals surface area contributed by atoms with Gasteiger partial charge in [-0.05, 0) is 18.8 Å². The van der Waals surface area contributed by atoms with Crippen molar-refractivity contribution in [1.29, 1.82) is 0 Å². The second-order valence-corrected chi connectivity index (χ2v) is 3.31. The van der Waals surface area contributed by atoms with E-state index in [9.17, 15) is 20.2 Å². The van der Waals surface area contributed by atoms with Crippen molar-refractivity contribution in [1.82, 2.24) is 0 Å². The molecule has 0 aromatic carbocycles. The highest BCUT2D eigenvalue weighted by atomic mass is 17.0. The number of rotatable bonds is 4. The van der Waals surface area contributed by atoms with E-state index in [1.165, 1.54) is 0 Å². The molecule has 80 valence electrons. The molecule has 0 radical (unpaired) electrons. The average molecular weight is 206 g/mol. The van der Waals surface area contributed by atoms with Crippen molar-refractivity contribution in [2.24, 2.45) is 5.92 Å². The predicted octanol–water partition coefficient (Wildman–Crippen LogP) is 0.570. The van der Waals surface area contributed by atoms with Crippen LogP contribution in [0.2, 0.25) is 0 Å². The van der Waals surface area contributed by atoms with Gasteiger partial charge in [0.05, 0.1) is 0 Å². The van der Waals surface area contributed by atoms with Crippen molar-refractivity contribution in [2.45, 2.75) is 32.0 Å². The zero-order chi connectivity index (χ0) is 10.7. The molecular formula is C6H10N2O6. The SMILES string of the molecule is CC1CC(O[N+](=O)[O-])C(O[N+](=O)[O-])C1. The van der Waals surface area contributed by atoms with Crippen LogP contribution in [-0.2, 0) is 9.68 Å². The molecule has 0 saturated heterocycles. The van der Waals surface area contributed by atoms with Gasteiger partial charge in [0.15, 0.2) is 0 Å². The highest BCUT2D eigenvalue weighted by Gasteiger charge is 2.37. The molecule has 8 heteroatoms. The molecule has 0 amide bonds. The maximum Gasteiger partial charge on any atom is 0.294 e. The lowest BCUT2D eigenvalue weighted by Crippen LogP contribution is -2.30. The third kappa shape index (κ3) is 2.71. The van der Waals surface area contributed by atoms with Gasteiger partial charge in [-0.1, -0.05) is 6.92 Å². The lowest BCUT2D eigenvalue weighted by Gasteiger charge is -2.14. The molecule has 0 spiro atoms. The molecule has 1 aliphatic carbocycles. The normalized spacial score (nSPS) is 31.1. The first kappa shape index (κ1) is 10.5. The lowest BCUT2D eigenvalue weighted by atomic mass is 10.1. The quantitative estimate of drug-likeness (QED) is 0.491. The van der Waals surface area contributed by atoms with E-state index in [-0.39, 0.29) is 5.92 Å². The molecule has 0 aromatic heterocycles. The Kier molecular flexibility index (Phi) is 3.05. The Bertz CT molecular complexity index is 220. The van der Waals surface area contributed by atoms with Crippen molar-refractivity contribution in [3.8, 4) is 0 Å². The Morgan fingerprint density at radius 3 is 1.71 bits per heavy atom. The van der Waals surface area contributed by atoms with Crippen molar-refractivity contribution in [3.05, 3.63) is 20.2 Å². The van der Waals surface area contributed by atoms with E-state index < -0.39 is 22.4 Å². The van der Waals surface area contributed by atoms with Crippen LogP contribution >= 0.6 is 0 Å². The van der Waals surface area contributed by atoms with Crippen LogP contribution in [0.4, 0.5) is 0 Å². The van der Waals surface area contributed by atoms with E-state index in [0.29, 0.717) is 12.8 Å². The second kappa shape index (κ2) is 4.07. The molecule has 2 atom stereocenters. The summed E-state index contributed by atoms with van der Waals surface area (Å²) in [6.07, 6.45) is -0.852. The monoisotopic (exact) mass is 206 g/mol. The van der Waals surface area contributed by atoms with Crippen molar-refractivity contribution >= 4 is 0 Å². The fraction of sp³-hybridized carbons (Fsp3) is 1.00. The summed E-state index contributed by atoms with van der Waals surface area (Å²) >= 11 is 0. The summed E-state index contributed by atoms with van der Waals surface area (Å²) in [4.78, 5) is 28.7. The van der Waals surface area contributed by atoms with E-state index in [2.05, 4.69) is 9.68 Å². The zero-order valence-corrected chi connectivity index (χ0v) is 7.49. The van der Waals surface area contributed by atoms with Gasteiger partial charge in [0.1, 0.15) is 12.2 Å². The third-order valence-electron chi connectivity index (χ3n) is 2.13. The molecule has 1 aliphatic rings. The van der Waals surface area contributed by atoms with Gasteiger partial charge >= 0.3 is 0 Å². The molecule has 2 unspecified atom stereocenters. The van der Waals surface area contributed by atoms with E-state index in [1.807, 2.05) is 6.92 Å². The number of nitrogens with zero attached hydrogens (tertiary/aromatic N) is 2. The minimum atomic E-state index is -0.945. The highest BCUT2D eigenvalue weighted by Crippen LogP contribution is 2.30. The molecule has 0 aromatic rings. The van der Waals surface area contributed by atoms with Gasteiger partial charge in [-0.2, -0.15) is 0 Å². The van der Waals surface area contributed by atoms with Gasteiger partial charge in [0, 0.05) is 0 Å². The summed E-state index contributed by atoms with van der Waals surface area (Å²) in [7, 11) is 0. The topological polar surface area (TPSA) is 105 Å². The summed E-state index contributed by atoms with van der Waals surface area (Å²) < 4.78 is 0. The molecule has 1 saturated carbocycles. The molecule has 0 heterocycles. The molecule has 0 aliphatic heterocycles. The number of hydrogen-bond acceptors (Lipinski definition) is 6. The first-order valence-corrected chi connectivity index (χ1v) is 4.11. The van der Waals surface area contributed by atoms with Gasteiger partial charge in [0.2, 0.25) is 0 Å². The summed E-state index contributed by atoms with van der Waals surface area (Å²) in [6, 6.07) is 0. The molecule has 0 bridgehead atoms. The Morgan fingerprint density at radius 2 is 1.43 bits per heavy atom. The summed E-state index contributed by atoms with van der Waals surface area (Å²) in [5, 5.41) is 18.2. The Labute approximate surface area is 79.0 Å². The maximum absolute atomic E-state index is 10.1. The first-order valence-electron chi connectivity index (χ1n) is 4.11. The van der Waals surface area contributed by atoms with E-state index in [1.54, 1.807) is 0 Å². The lowest BCUT2D eigenvalue weighted by molar-refractivity contribution is -0.797. The number of hydrogen-bond donors (Lipinski definition) is 0. The third-order valence-corrected chi connectivity index (χ3v) is 2.13. The molecule has 8 nitrogen and oxygen atoms in total. The van der Waals surface area contributed by atoms with Gasteiger partial charge in [-0.25, -0.2) is 0 Å². The molecule has 14 heavy (non-hydrogen) atoms. The minimum Gasteiger partial charge on any atom is -0.308 e. The first-order chi connectivity index (χ1) is 6.49. The van der Waals surface area contributed by atoms with Crippen LogP contribution in [0, 0.1) is 26.1 Å². The average Bonchev–Trinajstić information content (AvgIpc) is 2.28. The Balaban J connectivity index is 2.53. The fourth-order valence-electron chi connectivity index (χ4n) is 1.64. The van der Waals surface area contributed by atoms with E-state index in [0.717, 1.165) is 0 Å². The highest BCUT2D eigenvalue weighted by molar-refractivity contribution is 4.81. The summed E-state index contributed by atoms with van der Waals surface area (Å²) in [6.45, 7) is 1.83. The second-order valence-electron chi connectivity index (χ2n) is 3.31. The fourth-order valence-corrected chi connectivity index (χ4v) is 1.64. The van der Waals surface area contributed by atoms with Gasteiger partial charge in [0.25, 0.3) is 10.2 Å². The largest absolute Gasteiger partial charge is 0.308 e. The van der Waals surface area contributed by atoms with Crippen LogP contribution in [0.1, 0.15) is 19.8 Å². The summed E-state index contributed by atoms with van der Waals surface area (Å²) in [5.74, 6) is 0.130. The molecule has 0 N–H and O–H groups in total. The van der Waals surface area contributed by atoms with Crippen LogP contribution in [0.5, 0.6) is 0 Å². The zero-order valence-electron chi connectivity index (χ0n) is 7.49. The van der Waals surface area contributed by atoms with Gasteiger partial charge in [-0.15, -0.1) is 20.2 Å². The maximum atomic E-state index is 10.1. The smallest absolute Gasteiger partial charge is 0.294 e. The Morgan fingerprint density at radius 1 is 1.07 bits per heavy atom. The molecule has 1 rings (SSSR count). The van der Waals surface area contributed by atoms with Crippen molar-refractivity contribution in [3.63, 3.8) is 0 Å². The van der Waals surface area contributed by atoms with Crippen LogP contribution in [-0.4, -0.2) is 22.4 Å². The van der Waals surface area contributed by atoms with Crippen LogP contribution in [0.3, 0.4) is 0 Å². The van der Waals surface area contributed by atoms with Gasteiger partial charge in [-0.3, -0.25) is 0 Å². The van der Waals surface area contributed by atoms with Crippen molar-refractivity contribution in [2.75, 3.05) is 0 Å². The molecular weight excluding hydrogens is 196 g/mol. The summed E-state index contributed by atoms with van der Waals surface area (Å²) in [5.41, 5.74) is 0. The minimum absolute atomic E-state index is 0.130. The predicted molar refractivity (Wildman–Crippen MR) is 42.1 cm³/mol. The van der Waals surface area contributed by atoms with E-state index >= 15 is 0 Å². The van der Waals surface area contributed by atoms with Crippen LogP contribution in [0.15, 0.2) is 0 Å². The standard InChI is InChI=1S/C6H10N2O6/c1-4-2-5(13-7(9)10)6(3-4)14-8(11)12/h4-6H,2-3H2,1H3. The van der Waals surface area contributed by atoms with Gasteiger partial charge < -0.3 is 9.68 Å². The van der Waals surface area contributed by atoms with E-state index in [4.69, 9.17) is 0 Å². The molecule has 1 fully saturated rings. The van der Waals surface area contributed by atoms with Crippen LogP contribution < -0.4 is 0 Å².